The average Bonchev–Trinajstić information content (AvgIpc) is 3.07. The molecule has 0 aromatic heterocycles. The van der Waals surface area contributed by atoms with Crippen LogP contribution in [0.25, 0.3) is 0 Å². The van der Waals surface area contributed by atoms with E-state index in [2.05, 4.69) is 11.8 Å². The van der Waals surface area contributed by atoms with Crippen molar-refractivity contribution in [2.75, 3.05) is 13.2 Å². The normalized spacial score (nSPS) is 14.1. The number of aliphatic hydroxyl groups is 1. The molecule has 1 aliphatic carbocycles. The van der Waals surface area contributed by atoms with Crippen LogP contribution in [0, 0.1) is 23.6 Å². The molecule has 0 amide bonds. The van der Waals surface area contributed by atoms with Crippen LogP contribution in [-0.4, -0.2) is 18.3 Å². The number of rotatable bonds is 3. The summed E-state index contributed by atoms with van der Waals surface area (Å²) in [5.41, 5.74) is 0.528. The van der Waals surface area contributed by atoms with Gasteiger partial charge in [0.15, 0.2) is 0 Å². The Hall–Kier alpha value is -1.53. The molecular formula is C13H13FO2. The Kier molecular flexibility index (Phi) is 3.43. The third-order valence-electron chi connectivity index (χ3n) is 2.37. The molecule has 2 nitrogen and oxygen atoms in total. The quantitative estimate of drug-likeness (QED) is 0.789. The van der Waals surface area contributed by atoms with Gasteiger partial charge in [0.1, 0.15) is 18.2 Å². The molecule has 1 fully saturated rings. The molecule has 0 heterocycles. The smallest absolute Gasteiger partial charge is 0.128 e. The predicted molar refractivity (Wildman–Crippen MR) is 58.6 cm³/mol. The summed E-state index contributed by atoms with van der Waals surface area (Å²) in [4.78, 5) is 0. The number of benzene rings is 1. The van der Waals surface area contributed by atoms with Crippen LogP contribution in [0.15, 0.2) is 18.2 Å². The van der Waals surface area contributed by atoms with Crippen LogP contribution in [0.2, 0.25) is 0 Å². The van der Waals surface area contributed by atoms with Crippen LogP contribution in [0.4, 0.5) is 4.39 Å². The lowest BCUT2D eigenvalue weighted by molar-refractivity contribution is 0.298. The van der Waals surface area contributed by atoms with E-state index in [1.807, 2.05) is 0 Å². The summed E-state index contributed by atoms with van der Waals surface area (Å²) < 4.78 is 18.6. The number of halogens is 1. The van der Waals surface area contributed by atoms with Crippen molar-refractivity contribution in [3.05, 3.63) is 29.6 Å². The molecular weight excluding hydrogens is 207 g/mol. The van der Waals surface area contributed by atoms with Crippen LogP contribution in [0.3, 0.4) is 0 Å². The molecule has 0 saturated heterocycles. The lowest BCUT2D eigenvalue weighted by atomic mass is 10.2. The monoisotopic (exact) mass is 220 g/mol. The molecule has 0 spiro atoms. The average molecular weight is 220 g/mol. The lowest BCUT2D eigenvalue weighted by Gasteiger charge is -2.05. The SMILES string of the molecule is OCC#Cc1cc(F)cc(OCC2CC2)c1. The number of ether oxygens (including phenoxy) is 1. The Morgan fingerprint density at radius 1 is 1.38 bits per heavy atom. The molecule has 0 radical (unpaired) electrons. The van der Waals surface area contributed by atoms with Gasteiger partial charge in [-0.2, -0.15) is 0 Å². The van der Waals surface area contributed by atoms with E-state index in [0.29, 0.717) is 23.8 Å². The maximum absolute atomic E-state index is 13.2. The van der Waals surface area contributed by atoms with Crippen molar-refractivity contribution in [2.45, 2.75) is 12.8 Å². The molecule has 0 atom stereocenters. The van der Waals surface area contributed by atoms with Crippen molar-refractivity contribution in [3.63, 3.8) is 0 Å². The second kappa shape index (κ2) is 5.00. The molecule has 84 valence electrons. The first-order valence-electron chi connectivity index (χ1n) is 5.31. The molecule has 3 heteroatoms. The summed E-state index contributed by atoms with van der Waals surface area (Å²) in [6.45, 7) is 0.422. The Bertz CT molecular complexity index is 427. The molecule has 2 rings (SSSR count). The molecule has 1 N–H and O–H groups in total. The second-order valence-corrected chi connectivity index (χ2v) is 3.89. The zero-order chi connectivity index (χ0) is 11.4. The molecule has 0 bridgehead atoms. The summed E-state index contributed by atoms with van der Waals surface area (Å²) in [6.07, 6.45) is 2.40. The first kappa shape index (κ1) is 11.0. The van der Waals surface area contributed by atoms with Gasteiger partial charge in [-0.15, -0.1) is 0 Å². The van der Waals surface area contributed by atoms with Crippen LogP contribution in [-0.2, 0) is 0 Å². The Labute approximate surface area is 94.1 Å². The molecule has 16 heavy (non-hydrogen) atoms. The van der Waals surface area contributed by atoms with Gasteiger partial charge in [0.2, 0.25) is 0 Å². The van der Waals surface area contributed by atoms with Crippen LogP contribution in [0.5, 0.6) is 5.75 Å². The number of aliphatic hydroxyl groups excluding tert-OH is 1. The minimum atomic E-state index is -0.365. The van der Waals surface area contributed by atoms with Gasteiger partial charge in [0, 0.05) is 11.6 Å². The molecule has 1 aromatic rings. The van der Waals surface area contributed by atoms with E-state index in [1.165, 1.54) is 25.0 Å². The van der Waals surface area contributed by atoms with Crippen molar-refractivity contribution in [2.24, 2.45) is 5.92 Å². The zero-order valence-electron chi connectivity index (χ0n) is 8.87. The first-order valence-corrected chi connectivity index (χ1v) is 5.31. The summed E-state index contributed by atoms with van der Waals surface area (Å²) in [7, 11) is 0. The van der Waals surface area contributed by atoms with E-state index in [9.17, 15) is 4.39 Å². The summed E-state index contributed by atoms with van der Waals surface area (Å²) in [5, 5.41) is 8.55. The summed E-state index contributed by atoms with van der Waals surface area (Å²) in [5.74, 6) is 5.92. The van der Waals surface area contributed by atoms with Crippen molar-refractivity contribution in [3.8, 4) is 17.6 Å². The second-order valence-electron chi connectivity index (χ2n) is 3.89. The lowest BCUT2D eigenvalue weighted by Crippen LogP contribution is -1.99. The van der Waals surface area contributed by atoms with Gasteiger partial charge >= 0.3 is 0 Å². The third-order valence-corrected chi connectivity index (χ3v) is 2.37. The van der Waals surface area contributed by atoms with E-state index in [4.69, 9.17) is 9.84 Å². The Balaban J connectivity index is 2.07. The van der Waals surface area contributed by atoms with Gasteiger partial charge in [-0.25, -0.2) is 4.39 Å². The topological polar surface area (TPSA) is 29.5 Å². The molecule has 0 unspecified atom stereocenters. The highest BCUT2D eigenvalue weighted by Crippen LogP contribution is 2.29. The van der Waals surface area contributed by atoms with E-state index >= 15 is 0 Å². The molecule has 1 aromatic carbocycles. The Morgan fingerprint density at radius 2 is 2.19 bits per heavy atom. The van der Waals surface area contributed by atoms with Crippen molar-refractivity contribution >= 4 is 0 Å². The fourth-order valence-electron chi connectivity index (χ4n) is 1.36. The van der Waals surface area contributed by atoms with Gasteiger partial charge < -0.3 is 9.84 Å². The van der Waals surface area contributed by atoms with Gasteiger partial charge in [-0.05, 0) is 30.9 Å². The predicted octanol–water partition coefficient (Wildman–Crippen LogP) is 1.96. The van der Waals surface area contributed by atoms with E-state index in [0.717, 1.165) is 0 Å². The van der Waals surface area contributed by atoms with Gasteiger partial charge in [0.25, 0.3) is 0 Å². The van der Waals surface area contributed by atoms with Crippen molar-refractivity contribution < 1.29 is 14.2 Å². The van der Waals surface area contributed by atoms with Crippen molar-refractivity contribution in [1.82, 2.24) is 0 Å². The highest BCUT2D eigenvalue weighted by molar-refractivity contribution is 5.40. The van der Waals surface area contributed by atoms with Crippen LogP contribution >= 0.6 is 0 Å². The highest BCUT2D eigenvalue weighted by atomic mass is 19.1. The maximum atomic E-state index is 13.2. The zero-order valence-corrected chi connectivity index (χ0v) is 8.87. The Morgan fingerprint density at radius 3 is 2.88 bits per heavy atom. The molecule has 0 aliphatic heterocycles. The van der Waals surface area contributed by atoms with Gasteiger partial charge in [-0.3, -0.25) is 0 Å². The molecule has 1 saturated carbocycles. The largest absolute Gasteiger partial charge is 0.493 e. The fraction of sp³-hybridized carbons (Fsp3) is 0.385. The van der Waals surface area contributed by atoms with Crippen LogP contribution < -0.4 is 4.74 Å². The molecule has 1 aliphatic rings. The van der Waals surface area contributed by atoms with Gasteiger partial charge in [0.05, 0.1) is 6.61 Å². The minimum absolute atomic E-state index is 0.227. The van der Waals surface area contributed by atoms with E-state index in [1.54, 1.807) is 6.07 Å². The summed E-state index contributed by atoms with van der Waals surface area (Å²) in [6, 6.07) is 4.37. The highest BCUT2D eigenvalue weighted by Gasteiger charge is 2.21. The van der Waals surface area contributed by atoms with Gasteiger partial charge in [-0.1, -0.05) is 11.8 Å². The fourth-order valence-corrected chi connectivity index (χ4v) is 1.36. The van der Waals surface area contributed by atoms with E-state index in [-0.39, 0.29) is 12.4 Å². The standard InChI is InChI=1S/C13H13FO2/c14-12-6-11(2-1-5-15)7-13(8-12)16-9-10-3-4-10/h6-8,10,15H,3-5,9H2. The third kappa shape index (κ3) is 3.25. The number of hydrogen-bond donors (Lipinski definition) is 1. The van der Waals surface area contributed by atoms with E-state index < -0.39 is 0 Å². The minimum Gasteiger partial charge on any atom is -0.493 e. The number of hydrogen-bond acceptors (Lipinski definition) is 2. The first-order chi connectivity index (χ1) is 7.78. The van der Waals surface area contributed by atoms with Crippen molar-refractivity contribution in [1.29, 1.82) is 0 Å². The van der Waals surface area contributed by atoms with Crippen LogP contribution in [0.1, 0.15) is 18.4 Å². The maximum Gasteiger partial charge on any atom is 0.128 e. The summed E-state index contributed by atoms with van der Waals surface area (Å²) >= 11 is 0.